The van der Waals surface area contributed by atoms with Crippen LogP contribution in [0.25, 0.3) is 0 Å². The first-order valence-corrected chi connectivity index (χ1v) is 3.92. The van der Waals surface area contributed by atoms with Gasteiger partial charge in [-0.3, -0.25) is 0 Å². The standard InChI is InChI=1S/C6H8NO4P/c1-3(4(8)2-12-11)5(7)6(9)10/h3,5H,7H2,1H3,(H,9,10)/t3?,5-/m0/s1. The second-order valence-electron chi connectivity index (χ2n) is 2.22. The molecule has 0 aliphatic carbocycles. The van der Waals surface area contributed by atoms with Crippen LogP contribution in [-0.2, 0) is 14.2 Å². The second kappa shape index (κ2) is 4.88. The average Bonchev–Trinajstić information content (AvgIpc) is 2.02. The number of nitrogens with two attached hydrogens (primary N) is 1. The van der Waals surface area contributed by atoms with Gasteiger partial charge in [-0.15, -0.1) is 0 Å². The molecule has 0 amide bonds. The molecule has 0 saturated carbocycles. The van der Waals surface area contributed by atoms with Crippen molar-refractivity contribution in [3.63, 3.8) is 0 Å². The molecule has 0 heterocycles. The number of hydrogen-bond donors (Lipinski definition) is 2. The van der Waals surface area contributed by atoms with Crippen LogP contribution in [-0.4, -0.2) is 22.9 Å². The SMILES string of the molecule is CC(C(=O)C#P=O)[C@H](N)C(=O)O. The van der Waals surface area contributed by atoms with Gasteiger partial charge < -0.3 is 0 Å². The molecular weight excluding hydrogens is 181 g/mol. The van der Waals surface area contributed by atoms with E-state index in [1.807, 2.05) is 5.63 Å². The fraction of sp³-hybridized carbons (Fsp3) is 0.500. The Hall–Kier alpha value is -0.890. The molecule has 0 rings (SSSR count). The molecule has 0 aromatic rings. The summed E-state index contributed by atoms with van der Waals surface area (Å²) in [6.45, 7) is 1.35. The Kier molecular flexibility index (Phi) is 4.52. The van der Waals surface area contributed by atoms with Crippen LogP contribution < -0.4 is 5.73 Å². The fourth-order valence-corrected chi connectivity index (χ4v) is 0.817. The van der Waals surface area contributed by atoms with Crippen LogP contribution in [0.15, 0.2) is 0 Å². The minimum absolute atomic E-state index is 0.556. The van der Waals surface area contributed by atoms with E-state index in [0.29, 0.717) is 0 Å². The number of carbonyl (C=O) groups is 2. The van der Waals surface area contributed by atoms with Crippen molar-refractivity contribution in [2.24, 2.45) is 11.7 Å². The van der Waals surface area contributed by atoms with Gasteiger partial charge in [0, 0.05) is 0 Å². The van der Waals surface area contributed by atoms with E-state index in [9.17, 15) is 14.2 Å². The van der Waals surface area contributed by atoms with E-state index in [4.69, 9.17) is 10.8 Å². The number of aliphatic carboxylic acids is 1. The number of Topliss-reactive ketones (excluding diaryl/α,β-unsaturated/α-hetero) is 1. The number of ketones is 1. The van der Waals surface area contributed by atoms with Crippen molar-refractivity contribution in [1.82, 2.24) is 0 Å². The van der Waals surface area contributed by atoms with Crippen molar-refractivity contribution in [2.45, 2.75) is 13.0 Å². The third kappa shape index (κ3) is 3.01. The molecule has 0 aromatic heterocycles. The molecule has 6 heteroatoms. The van der Waals surface area contributed by atoms with Crippen molar-refractivity contribution < 1.29 is 19.3 Å². The van der Waals surface area contributed by atoms with Crippen molar-refractivity contribution in [2.75, 3.05) is 0 Å². The molecule has 0 saturated heterocycles. The van der Waals surface area contributed by atoms with E-state index in [0.717, 1.165) is 0 Å². The number of carboxylic acids is 1. The van der Waals surface area contributed by atoms with E-state index in [1.54, 1.807) is 0 Å². The van der Waals surface area contributed by atoms with Crippen LogP contribution in [0.5, 0.6) is 0 Å². The molecule has 12 heavy (non-hydrogen) atoms. The molecule has 3 N–H and O–H groups in total. The first kappa shape index (κ1) is 11.1. The zero-order valence-electron chi connectivity index (χ0n) is 6.35. The molecule has 66 valence electrons. The predicted molar refractivity (Wildman–Crippen MR) is 41.3 cm³/mol. The third-order valence-corrected chi connectivity index (χ3v) is 1.70. The zero-order chi connectivity index (χ0) is 9.72. The number of carbonyl (C=O) groups excluding carboxylic acids is 1. The molecule has 0 aliphatic rings. The maximum atomic E-state index is 10.8. The first-order chi connectivity index (χ1) is 5.50. The van der Waals surface area contributed by atoms with Gasteiger partial charge >= 0.3 is 69.2 Å². The van der Waals surface area contributed by atoms with Crippen LogP contribution >= 0.6 is 7.92 Å². The molecule has 0 aromatic carbocycles. The Morgan fingerprint density at radius 2 is 2.08 bits per heavy atom. The van der Waals surface area contributed by atoms with E-state index in [1.165, 1.54) is 6.92 Å². The molecule has 1 unspecified atom stereocenters. The van der Waals surface area contributed by atoms with Crippen LogP contribution in [0.4, 0.5) is 0 Å². The second-order valence-corrected chi connectivity index (χ2v) is 2.63. The van der Waals surface area contributed by atoms with Gasteiger partial charge in [-0.1, -0.05) is 0 Å². The minimum atomic E-state index is -1.27. The van der Waals surface area contributed by atoms with E-state index in [2.05, 4.69) is 0 Å². The van der Waals surface area contributed by atoms with Gasteiger partial charge in [0.05, 0.1) is 0 Å². The molecule has 0 radical (unpaired) electrons. The van der Waals surface area contributed by atoms with Crippen LogP contribution in [0.1, 0.15) is 6.92 Å². The zero-order valence-corrected chi connectivity index (χ0v) is 7.25. The van der Waals surface area contributed by atoms with Crippen LogP contribution in [0, 0.1) is 11.5 Å². The van der Waals surface area contributed by atoms with Gasteiger partial charge in [0.15, 0.2) is 0 Å². The van der Waals surface area contributed by atoms with Gasteiger partial charge in [-0.2, -0.15) is 0 Å². The molecule has 0 aliphatic heterocycles. The summed E-state index contributed by atoms with van der Waals surface area (Å²) in [5.41, 5.74) is 7.04. The summed E-state index contributed by atoms with van der Waals surface area (Å²) in [5, 5.41) is 8.38. The Bertz CT molecular complexity index is 294. The molecule has 0 bridgehead atoms. The average molecular weight is 189 g/mol. The Labute approximate surface area is 70.1 Å². The van der Waals surface area contributed by atoms with Gasteiger partial charge in [0.2, 0.25) is 0 Å². The number of rotatable bonds is 3. The Morgan fingerprint density at radius 3 is 2.42 bits per heavy atom. The molecule has 5 nitrogen and oxygen atoms in total. The Morgan fingerprint density at radius 1 is 1.58 bits per heavy atom. The van der Waals surface area contributed by atoms with Crippen LogP contribution in [0.2, 0.25) is 0 Å². The summed E-state index contributed by atoms with van der Waals surface area (Å²) in [7, 11) is -0.556. The summed E-state index contributed by atoms with van der Waals surface area (Å²) in [6.07, 6.45) is 0. The molecule has 0 fully saturated rings. The fourth-order valence-electron chi connectivity index (χ4n) is 0.524. The summed E-state index contributed by atoms with van der Waals surface area (Å²) >= 11 is 0. The van der Waals surface area contributed by atoms with E-state index < -0.39 is 31.6 Å². The number of carboxylic acid groups (broad SMARTS) is 1. The normalized spacial score (nSPS) is 14.2. The van der Waals surface area contributed by atoms with Crippen molar-refractivity contribution in [3.8, 4) is 5.63 Å². The first-order valence-electron chi connectivity index (χ1n) is 3.11. The summed E-state index contributed by atoms with van der Waals surface area (Å²) in [6, 6.07) is -1.27. The van der Waals surface area contributed by atoms with Crippen LogP contribution in [0.3, 0.4) is 0 Å². The monoisotopic (exact) mass is 189 g/mol. The maximum absolute atomic E-state index is 10.8. The summed E-state index contributed by atoms with van der Waals surface area (Å²) < 4.78 is 9.89. The van der Waals surface area contributed by atoms with E-state index in [-0.39, 0.29) is 0 Å². The quantitative estimate of drug-likeness (QED) is 0.602. The number of hydrogen-bond acceptors (Lipinski definition) is 4. The molecule has 0 spiro atoms. The summed E-state index contributed by atoms with van der Waals surface area (Å²) in [4.78, 5) is 21.1. The van der Waals surface area contributed by atoms with Gasteiger partial charge in [-0.05, 0) is 0 Å². The Balaban J connectivity index is 4.45. The van der Waals surface area contributed by atoms with Gasteiger partial charge in [0.1, 0.15) is 0 Å². The van der Waals surface area contributed by atoms with Crippen molar-refractivity contribution >= 4 is 19.7 Å². The van der Waals surface area contributed by atoms with Gasteiger partial charge in [-0.25, -0.2) is 0 Å². The molecule has 2 atom stereocenters. The van der Waals surface area contributed by atoms with Gasteiger partial charge in [0.25, 0.3) is 0 Å². The van der Waals surface area contributed by atoms with E-state index >= 15 is 0 Å². The summed E-state index contributed by atoms with van der Waals surface area (Å²) in [5.74, 6) is -2.81. The third-order valence-electron chi connectivity index (χ3n) is 1.39. The topological polar surface area (TPSA) is 97.5 Å². The van der Waals surface area contributed by atoms with Crippen molar-refractivity contribution in [3.05, 3.63) is 0 Å². The van der Waals surface area contributed by atoms with Crippen molar-refractivity contribution in [1.29, 1.82) is 0 Å². The predicted octanol–water partition coefficient (Wildman–Crippen LogP) is -0.146. The molecular formula is C6H8NO4P.